The molecule has 2 aromatic carbocycles. The number of amides is 1. The number of rotatable bonds is 4. The first-order valence-electron chi connectivity index (χ1n) is 9.15. The minimum absolute atomic E-state index is 0.196. The summed E-state index contributed by atoms with van der Waals surface area (Å²) in [6.45, 7) is 3.46. The molecule has 142 valence electrons. The summed E-state index contributed by atoms with van der Waals surface area (Å²) >= 11 is 6.09. The Bertz CT molecular complexity index is 941. The Morgan fingerprint density at radius 1 is 0.857 bits per heavy atom. The highest BCUT2D eigenvalue weighted by Crippen LogP contribution is 2.22. The van der Waals surface area contributed by atoms with Gasteiger partial charge in [0.25, 0.3) is 5.91 Å². The number of piperazine rings is 1. The molecule has 6 nitrogen and oxygen atoms in total. The van der Waals surface area contributed by atoms with Crippen molar-refractivity contribution in [1.82, 2.24) is 10.2 Å². The Hall–Kier alpha value is -3.12. The summed E-state index contributed by atoms with van der Waals surface area (Å²) in [4.78, 5) is 16.7. The van der Waals surface area contributed by atoms with Gasteiger partial charge >= 0.3 is 0 Å². The quantitative estimate of drug-likeness (QED) is 0.732. The first kappa shape index (κ1) is 18.3. The molecule has 3 aromatic rings. The van der Waals surface area contributed by atoms with Gasteiger partial charge in [-0.1, -0.05) is 35.9 Å². The lowest BCUT2D eigenvalue weighted by molar-refractivity contribution is 0.102. The van der Waals surface area contributed by atoms with Crippen LogP contribution >= 0.6 is 11.6 Å². The van der Waals surface area contributed by atoms with Gasteiger partial charge in [-0.25, -0.2) is 0 Å². The average Bonchev–Trinajstić information content (AvgIpc) is 2.75. The Labute approximate surface area is 168 Å². The Balaban J connectivity index is 1.35. The highest BCUT2D eigenvalue weighted by molar-refractivity contribution is 6.30. The minimum atomic E-state index is -0.196. The smallest absolute Gasteiger partial charge is 0.256 e. The molecule has 1 aromatic heterocycles. The van der Waals surface area contributed by atoms with Crippen molar-refractivity contribution in [1.29, 1.82) is 0 Å². The summed E-state index contributed by atoms with van der Waals surface area (Å²) in [6.07, 6.45) is 0. The zero-order valence-electron chi connectivity index (χ0n) is 15.3. The molecule has 4 rings (SSSR count). The molecule has 1 N–H and O–H groups in total. The molecule has 1 amide bonds. The Morgan fingerprint density at radius 3 is 2.29 bits per heavy atom. The van der Waals surface area contributed by atoms with Crippen molar-refractivity contribution >= 4 is 34.8 Å². The number of anilines is 3. The number of nitrogens with zero attached hydrogens (tertiary/aromatic N) is 4. The summed E-state index contributed by atoms with van der Waals surface area (Å²) in [7, 11) is 0. The van der Waals surface area contributed by atoms with Gasteiger partial charge < -0.3 is 15.1 Å². The molecule has 0 bridgehead atoms. The maximum Gasteiger partial charge on any atom is 0.256 e. The summed E-state index contributed by atoms with van der Waals surface area (Å²) in [5.74, 6) is 1.05. The zero-order chi connectivity index (χ0) is 19.3. The molecular weight excluding hydrogens is 374 g/mol. The molecule has 1 aliphatic rings. The predicted octanol–water partition coefficient (Wildman–Crippen LogP) is 3.71. The maximum atomic E-state index is 12.2. The number of halogens is 1. The van der Waals surface area contributed by atoms with Crippen molar-refractivity contribution in [2.45, 2.75) is 0 Å². The lowest BCUT2D eigenvalue weighted by atomic mass is 10.2. The van der Waals surface area contributed by atoms with Crippen molar-refractivity contribution in [2.75, 3.05) is 41.3 Å². The summed E-state index contributed by atoms with van der Waals surface area (Å²) in [5.41, 5.74) is 1.72. The van der Waals surface area contributed by atoms with Crippen LogP contribution in [0.3, 0.4) is 0 Å². The lowest BCUT2D eigenvalue weighted by Gasteiger charge is -2.36. The highest BCUT2D eigenvalue weighted by Gasteiger charge is 2.19. The molecule has 1 saturated heterocycles. The van der Waals surface area contributed by atoms with E-state index in [1.165, 1.54) is 0 Å². The van der Waals surface area contributed by atoms with Gasteiger partial charge in [-0.15, -0.1) is 10.2 Å². The number of hydrogen-bond acceptors (Lipinski definition) is 5. The molecular formula is C21H20ClN5O. The molecule has 1 fully saturated rings. The van der Waals surface area contributed by atoms with Crippen LogP contribution in [0.4, 0.5) is 17.3 Å². The third-order valence-electron chi connectivity index (χ3n) is 4.71. The first-order chi connectivity index (χ1) is 13.7. The van der Waals surface area contributed by atoms with Crippen LogP contribution in [0.5, 0.6) is 0 Å². The number of carbonyl (C=O) groups is 1. The van der Waals surface area contributed by atoms with Gasteiger partial charge in [0.1, 0.15) is 0 Å². The molecule has 0 atom stereocenters. The molecule has 7 heteroatoms. The van der Waals surface area contributed by atoms with Crippen LogP contribution < -0.4 is 15.1 Å². The summed E-state index contributed by atoms with van der Waals surface area (Å²) < 4.78 is 0. The van der Waals surface area contributed by atoms with Crippen molar-refractivity contribution < 1.29 is 4.79 Å². The van der Waals surface area contributed by atoms with Gasteiger partial charge in [0.05, 0.1) is 0 Å². The number of benzene rings is 2. The van der Waals surface area contributed by atoms with Gasteiger partial charge in [-0.2, -0.15) is 0 Å². The predicted molar refractivity (Wildman–Crippen MR) is 112 cm³/mol. The van der Waals surface area contributed by atoms with E-state index in [0.717, 1.165) is 42.7 Å². The molecule has 0 spiro atoms. The van der Waals surface area contributed by atoms with Crippen LogP contribution in [0.2, 0.25) is 5.02 Å². The summed E-state index contributed by atoms with van der Waals surface area (Å²) in [5, 5.41) is 12.0. The van der Waals surface area contributed by atoms with Crippen LogP contribution in [0.25, 0.3) is 0 Å². The topological polar surface area (TPSA) is 61.4 Å². The van der Waals surface area contributed by atoms with E-state index < -0.39 is 0 Å². The van der Waals surface area contributed by atoms with Crippen molar-refractivity contribution in [3.8, 4) is 0 Å². The van der Waals surface area contributed by atoms with Crippen LogP contribution in [-0.4, -0.2) is 42.3 Å². The third kappa shape index (κ3) is 4.23. The van der Waals surface area contributed by atoms with Gasteiger partial charge in [-0.3, -0.25) is 4.79 Å². The fourth-order valence-corrected chi connectivity index (χ4v) is 3.39. The number of nitrogens with one attached hydrogen (secondary N) is 1. The van der Waals surface area contributed by atoms with E-state index in [1.54, 1.807) is 18.2 Å². The van der Waals surface area contributed by atoms with E-state index in [2.05, 4.69) is 31.4 Å². The number of aromatic nitrogens is 2. The van der Waals surface area contributed by atoms with E-state index in [-0.39, 0.29) is 5.91 Å². The monoisotopic (exact) mass is 393 g/mol. The Morgan fingerprint density at radius 2 is 1.61 bits per heavy atom. The van der Waals surface area contributed by atoms with Crippen LogP contribution in [0.1, 0.15) is 10.4 Å². The Kier molecular flexibility index (Phi) is 5.39. The van der Waals surface area contributed by atoms with E-state index in [9.17, 15) is 4.79 Å². The second-order valence-electron chi connectivity index (χ2n) is 6.55. The molecule has 28 heavy (non-hydrogen) atoms. The SMILES string of the molecule is O=C(Nc1ccc(N2CCN(c3cccc(Cl)c3)CC2)nn1)c1ccccc1. The first-order valence-corrected chi connectivity index (χ1v) is 9.52. The largest absolute Gasteiger partial charge is 0.368 e. The van der Waals surface area contributed by atoms with Crippen molar-refractivity contribution in [3.63, 3.8) is 0 Å². The van der Waals surface area contributed by atoms with Crippen molar-refractivity contribution in [2.24, 2.45) is 0 Å². The van der Waals surface area contributed by atoms with Crippen LogP contribution in [0, 0.1) is 0 Å². The molecule has 2 heterocycles. The number of hydrogen-bond donors (Lipinski definition) is 1. The van der Waals surface area contributed by atoms with Gasteiger partial charge in [0.15, 0.2) is 11.6 Å². The van der Waals surface area contributed by atoms with E-state index in [1.807, 2.05) is 42.5 Å². The fraction of sp³-hybridized carbons (Fsp3) is 0.190. The lowest BCUT2D eigenvalue weighted by Crippen LogP contribution is -2.46. The number of carbonyl (C=O) groups excluding carboxylic acids is 1. The zero-order valence-corrected chi connectivity index (χ0v) is 16.0. The van der Waals surface area contributed by atoms with Crippen LogP contribution in [0.15, 0.2) is 66.7 Å². The van der Waals surface area contributed by atoms with E-state index in [4.69, 9.17) is 11.6 Å². The van der Waals surface area contributed by atoms with Gasteiger partial charge in [-0.05, 0) is 42.5 Å². The molecule has 0 saturated carbocycles. The third-order valence-corrected chi connectivity index (χ3v) is 4.94. The van der Waals surface area contributed by atoms with Crippen LogP contribution in [-0.2, 0) is 0 Å². The molecule has 1 aliphatic heterocycles. The van der Waals surface area contributed by atoms with E-state index >= 15 is 0 Å². The second-order valence-corrected chi connectivity index (χ2v) is 6.99. The average molecular weight is 394 g/mol. The normalized spacial score (nSPS) is 14.0. The van der Waals surface area contributed by atoms with E-state index in [0.29, 0.717) is 11.4 Å². The maximum absolute atomic E-state index is 12.2. The van der Waals surface area contributed by atoms with Gasteiger partial charge in [0.2, 0.25) is 0 Å². The molecule has 0 aliphatic carbocycles. The fourth-order valence-electron chi connectivity index (χ4n) is 3.21. The summed E-state index contributed by atoms with van der Waals surface area (Å²) in [6, 6.07) is 20.6. The molecule has 0 radical (unpaired) electrons. The minimum Gasteiger partial charge on any atom is -0.368 e. The van der Waals surface area contributed by atoms with Crippen molar-refractivity contribution in [3.05, 3.63) is 77.3 Å². The standard InChI is InChI=1S/C21H20ClN5O/c22-17-7-4-8-18(15-17)26-11-13-27(14-12-26)20-10-9-19(24-25-20)23-21(28)16-5-2-1-3-6-16/h1-10,15H,11-14H2,(H,23,24,28). The second kappa shape index (κ2) is 8.27. The molecule has 0 unspecified atom stereocenters. The highest BCUT2D eigenvalue weighted by atomic mass is 35.5. The van der Waals surface area contributed by atoms with Gasteiger partial charge in [0, 0.05) is 42.5 Å².